The quantitative estimate of drug-likeness (QED) is 0.801. The first-order chi connectivity index (χ1) is 13.6. The van der Waals surface area contributed by atoms with Gasteiger partial charge in [-0.3, -0.25) is 4.79 Å². The van der Waals surface area contributed by atoms with Crippen LogP contribution in [0.4, 0.5) is 29.3 Å². The molecule has 2 N–H and O–H groups in total. The molecule has 2 aromatic rings. The van der Waals surface area contributed by atoms with Gasteiger partial charge in [0.15, 0.2) is 0 Å². The number of carbonyl (C=O) groups excluding carboxylic acids is 2. The molecule has 0 aliphatic carbocycles. The minimum absolute atomic E-state index is 0.0906. The van der Waals surface area contributed by atoms with Crippen LogP contribution in [0.1, 0.15) is 17.5 Å². The highest BCUT2D eigenvalue weighted by Crippen LogP contribution is 2.25. The number of hydrogen-bond acceptors (Lipinski definition) is 3. The summed E-state index contributed by atoms with van der Waals surface area (Å²) in [6.45, 7) is 4.29. The van der Waals surface area contributed by atoms with Crippen molar-refractivity contribution in [3.8, 4) is 5.75 Å². The van der Waals surface area contributed by atoms with E-state index in [9.17, 15) is 22.8 Å². The topological polar surface area (TPSA) is 70.7 Å². The molecule has 0 spiro atoms. The molecule has 0 aromatic heterocycles. The molecule has 1 aliphatic rings. The van der Waals surface area contributed by atoms with E-state index in [1.807, 2.05) is 32.0 Å². The number of alkyl halides is 3. The van der Waals surface area contributed by atoms with E-state index >= 15 is 0 Å². The van der Waals surface area contributed by atoms with Crippen molar-refractivity contribution in [1.82, 2.24) is 5.32 Å². The lowest BCUT2D eigenvalue weighted by atomic mass is 10.1. The highest BCUT2D eigenvalue weighted by atomic mass is 19.4. The number of rotatable bonds is 4. The van der Waals surface area contributed by atoms with Gasteiger partial charge in [-0.1, -0.05) is 6.07 Å². The smallest absolute Gasteiger partial charge is 0.406 e. The second kappa shape index (κ2) is 8.02. The van der Waals surface area contributed by atoms with Crippen LogP contribution in [-0.4, -0.2) is 30.9 Å². The summed E-state index contributed by atoms with van der Waals surface area (Å²) in [4.78, 5) is 26.1. The van der Waals surface area contributed by atoms with Crippen molar-refractivity contribution in [2.24, 2.45) is 0 Å². The third-order valence-electron chi connectivity index (χ3n) is 4.61. The Morgan fingerprint density at radius 3 is 2.41 bits per heavy atom. The molecular weight excluding hydrogens is 387 g/mol. The van der Waals surface area contributed by atoms with Crippen LogP contribution in [0.15, 0.2) is 42.5 Å². The van der Waals surface area contributed by atoms with Crippen molar-refractivity contribution in [1.29, 1.82) is 0 Å². The molecular formula is C20H20F3N3O3. The Hall–Kier alpha value is -3.23. The molecule has 29 heavy (non-hydrogen) atoms. The van der Waals surface area contributed by atoms with Crippen LogP contribution in [0.25, 0.3) is 0 Å². The Labute approximate surface area is 165 Å². The summed E-state index contributed by atoms with van der Waals surface area (Å²) in [5.74, 6) is -0.471. The third kappa shape index (κ3) is 5.40. The minimum atomic E-state index is -4.77. The molecule has 3 rings (SSSR count). The Balaban J connectivity index is 1.56. The summed E-state index contributed by atoms with van der Waals surface area (Å²) in [5, 5.41) is 5.24. The third-order valence-corrected chi connectivity index (χ3v) is 4.61. The Morgan fingerprint density at radius 2 is 1.79 bits per heavy atom. The number of ether oxygens (including phenoxy) is 1. The van der Waals surface area contributed by atoms with Gasteiger partial charge in [0, 0.05) is 24.3 Å². The maximum atomic E-state index is 12.3. The van der Waals surface area contributed by atoms with Gasteiger partial charge in [-0.25, -0.2) is 4.79 Å². The fourth-order valence-corrected chi connectivity index (χ4v) is 3.04. The fourth-order valence-electron chi connectivity index (χ4n) is 3.04. The zero-order chi connectivity index (χ0) is 21.2. The number of aryl methyl sites for hydroxylation is 2. The number of benzene rings is 2. The first-order valence-corrected chi connectivity index (χ1v) is 8.92. The number of nitrogens with zero attached hydrogens (tertiary/aromatic N) is 1. The fraction of sp³-hybridized carbons (Fsp3) is 0.300. The van der Waals surface area contributed by atoms with Gasteiger partial charge in [-0.15, -0.1) is 13.2 Å². The van der Waals surface area contributed by atoms with Crippen LogP contribution in [0.3, 0.4) is 0 Å². The molecule has 1 fully saturated rings. The van der Waals surface area contributed by atoms with E-state index in [1.54, 1.807) is 4.90 Å². The highest BCUT2D eigenvalue weighted by molar-refractivity contribution is 5.97. The second-order valence-electron chi connectivity index (χ2n) is 6.84. The van der Waals surface area contributed by atoms with Gasteiger partial charge in [-0.2, -0.15) is 0 Å². The van der Waals surface area contributed by atoms with E-state index in [0.29, 0.717) is 12.2 Å². The van der Waals surface area contributed by atoms with E-state index in [2.05, 4.69) is 15.4 Å². The normalized spacial score (nSPS) is 16.7. The first-order valence-electron chi connectivity index (χ1n) is 8.92. The summed E-state index contributed by atoms with van der Waals surface area (Å²) in [6.07, 6.45) is -4.61. The first kappa shape index (κ1) is 20.5. The van der Waals surface area contributed by atoms with Crippen LogP contribution in [-0.2, 0) is 4.79 Å². The molecule has 3 amide bonds. The summed E-state index contributed by atoms with van der Waals surface area (Å²) in [6, 6.07) is 9.60. The van der Waals surface area contributed by atoms with Crippen LogP contribution < -0.4 is 20.3 Å². The van der Waals surface area contributed by atoms with Gasteiger partial charge in [-0.05, 0) is 61.4 Å². The molecule has 0 unspecified atom stereocenters. The van der Waals surface area contributed by atoms with Crippen molar-refractivity contribution < 1.29 is 27.5 Å². The van der Waals surface area contributed by atoms with E-state index in [4.69, 9.17) is 0 Å². The number of hydrogen-bond donors (Lipinski definition) is 2. The number of amides is 3. The number of nitrogens with one attached hydrogen (secondary N) is 2. The SMILES string of the molecule is Cc1ccc(N2C[C@H](NC(=O)Nc3ccc(OC(F)(F)F)cc3)CC2=O)cc1C. The molecule has 154 valence electrons. The molecule has 6 nitrogen and oxygen atoms in total. The molecule has 1 heterocycles. The van der Waals surface area contributed by atoms with E-state index in [-0.39, 0.29) is 24.1 Å². The Bertz CT molecular complexity index is 913. The van der Waals surface area contributed by atoms with Crippen LogP contribution in [0.5, 0.6) is 5.75 Å². The van der Waals surface area contributed by atoms with Gasteiger partial charge in [0.05, 0.1) is 6.04 Å². The Kier molecular flexibility index (Phi) is 5.67. The monoisotopic (exact) mass is 407 g/mol. The summed E-state index contributed by atoms with van der Waals surface area (Å²) in [5.41, 5.74) is 3.28. The molecule has 2 aromatic carbocycles. The van der Waals surface area contributed by atoms with Crippen LogP contribution in [0.2, 0.25) is 0 Å². The standard InChI is InChI=1S/C20H20F3N3O3/c1-12-3-6-16(9-13(12)2)26-11-15(10-18(26)27)25-19(28)24-14-4-7-17(8-5-14)29-20(21,22)23/h3-9,15H,10-11H2,1-2H3,(H2,24,25,28)/t15-/m1/s1. The summed E-state index contributed by atoms with van der Waals surface area (Å²) < 4.78 is 40.3. The number of urea groups is 1. The molecule has 0 bridgehead atoms. The van der Waals surface area contributed by atoms with Gasteiger partial charge in [0.2, 0.25) is 5.91 Å². The molecule has 9 heteroatoms. The van der Waals surface area contributed by atoms with E-state index in [1.165, 1.54) is 12.1 Å². The summed E-state index contributed by atoms with van der Waals surface area (Å²) in [7, 11) is 0. The minimum Gasteiger partial charge on any atom is -0.406 e. The van der Waals surface area contributed by atoms with Crippen LogP contribution >= 0.6 is 0 Å². The van der Waals surface area contributed by atoms with Gasteiger partial charge < -0.3 is 20.3 Å². The molecule has 0 radical (unpaired) electrons. The lowest BCUT2D eigenvalue weighted by Gasteiger charge is -2.18. The summed E-state index contributed by atoms with van der Waals surface area (Å²) >= 11 is 0. The van der Waals surface area contributed by atoms with Crippen molar-refractivity contribution in [3.63, 3.8) is 0 Å². The second-order valence-corrected chi connectivity index (χ2v) is 6.84. The number of anilines is 2. The van der Waals surface area contributed by atoms with Gasteiger partial charge in [0.25, 0.3) is 0 Å². The lowest BCUT2D eigenvalue weighted by molar-refractivity contribution is -0.274. The maximum Gasteiger partial charge on any atom is 0.573 e. The molecule has 1 atom stereocenters. The number of halogens is 3. The Morgan fingerprint density at radius 1 is 1.10 bits per heavy atom. The highest BCUT2D eigenvalue weighted by Gasteiger charge is 2.32. The van der Waals surface area contributed by atoms with E-state index < -0.39 is 12.4 Å². The van der Waals surface area contributed by atoms with Crippen molar-refractivity contribution in [3.05, 3.63) is 53.6 Å². The lowest BCUT2D eigenvalue weighted by Crippen LogP contribution is -2.39. The zero-order valence-corrected chi connectivity index (χ0v) is 15.8. The van der Waals surface area contributed by atoms with Crippen molar-refractivity contribution in [2.75, 3.05) is 16.8 Å². The van der Waals surface area contributed by atoms with Crippen molar-refractivity contribution in [2.45, 2.75) is 32.7 Å². The zero-order valence-electron chi connectivity index (χ0n) is 15.8. The maximum absolute atomic E-state index is 12.3. The van der Waals surface area contributed by atoms with Gasteiger partial charge >= 0.3 is 12.4 Å². The molecule has 0 saturated carbocycles. The largest absolute Gasteiger partial charge is 0.573 e. The van der Waals surface area contributed by atoms with E-state index in [0.717, 1.165) is 28.9 Å². The predicted octanol–water partition coefficient (Wildman–Crippen LogP) is 4.13. The predicted molar refractivity (Wildman–Crippen MR) is 102 cm³/mol. The average Bonchev–Trinajstić information content (AvgIpc) is 2.98. The van der Waals surface area contributed by atoms with Crippen molar-refractivity contribution >= 4 is 23.3 Å². The number of carbonyl (C=O) groups is 2. The van der Waals surface area contributed by atoms with Gasteiger partial charge in [0.1, 0.15) is 5.75 Å². The molecule has 1 saturated heterocycles. The average molecular weight is 407 g/mol. The van der Waals surface area contributed by atoms with Crippen LogP contribution in [0, 0.1) is 13.8 Å². The molecule has 1 aliphatic heterocycles.